The van der Waals surface area contributed by atoms with E-state index in [0.717, 1.165) is 0 Å². The maximum atomic E-state index is 11.8. The molecule has 0 unspecified atom stereocenters. The van der Waals surface area contributed by atoms with Crippen LogP contribution < -0.4 is 25.6 Å². The molecule has 0 atom stereocenters. The highest BCUT2D eigenvalue weighted by Crippen LogP contribution is 2.17. The first-order valence-electron chi connectivity index (χ1n) is 8.07. The van der Waals surface area contributed by atoms with Crippen LogP contribution in [0.15, 0.2) is 54.6 Å². The van der Waals surface area contributed by atoms with Crippen molar-refractivity contribution < 1.29 is 19.1 Å². The Morgan fingerprint density at radius 2 is 1.75 bits per heavy atom. The van der Waals surface area contributed by atoms with Crippen LogP contribution in [-0.4, -0.2) is 30.6 Å². The van der Waals surface area contributed by atoms with Crippen molar-refractivity contribution >= 4 is 46.8 Å². The maximum absolute atomic E-state index is 11.8. The molecule has 0 aromatic heterocycles. The fourth-order valence-electron chi connectivity index (χ4n) is 1.94. The first kappa shape index (κ1) is 21.2. The van der Waals surface area contributed by atoms with Crippen molar-refractivity contribution in [3.8, 4) is 11.5 Å². The summed E-state index contributed by atoms with van der Waals surface area (Å²) in [5, 5.41) is 2.85. The van der Waals surface area contributed by atoms with E-state index in [2.05, 4.69) is 16.2 Å². The standard InChI is InChI=1S/C19H18ClN3O4S/c1-26-14-7-9-15(10-8-14)27-12-18(25)22-23-19(28)21-17(24)11-6-13-4-2-3-5-16(13)20/h2-11H,12H2,1H3,(H,22,25)(H2,21,23,24,28). The van der Waals surface area contributed by atoms with Crippen molar-refractivity contribution in [3.63, 3.8) is 0 Å². The lowest BCUT2D eigenvalue weighted by molar-refractivity contribution is -0.123. The van der Waals surface area contributed by atoms with Gasteiger partial charge in [-0.15, -0.1) is 0 Å². The summed E-state index contributed by atoms with van der Waals surface area (Å²) in [6.07, 6.45) is 2.84. The van der Waals surface area contributed by atoms with Crippen LogP contribution >= 0.6 is 23.8 Å². The predicted octanol–water partition coefficient (Wildman–Crippen LogP) is 2.46. The van der Waals surface area contributed by atoms with Crippen LogP contribution in [0.1, 0.15) is 5.56 Å². The van der Waals surface area contributed by atoms with Gasteiger partial charge in [-0.05, 0) is 54.2 Å². The number of benzene rings is 2. The highest BCUT2D eigenvalue weighted by atomic mass is 35.5. The number of carbonyl (C=O) groups is 2. The molecule has 7 nitrogen and oxygen atoms in total. The van der Waals surface area contributed by atoms with Gasteiger partial charge in [-0.2, -0.15) is 0 Å². The Hall–Kier alpha value is -3.10. The summed E-state index contributed by atoms with van der Waals surface area (Å²) < 4.78 is 10.4. The van der Waals surface area contributed by atoms with Gasteiger partial charge in [0.15, 0.2) is 11.7 Å². The van der Waals surface area contributed by atoms with E-state index in [0.29, 0.717) is 22.1 Å². The minimum atomic E-state index is -0.473. The normalized spacial score (nSPS) is 10.2. The number of halogens is 1. The molecule has 0 fully saturated rings. The minimum Gasteiger partial charge on any atom is -0.497 e. The number of ether oxygens (including phenoxy) is 2. The van der Waals surface area contributed by atoms with E-state index in [1.807, 2.05) is 0 Å². The molecule has 2 aromatic rings. The molecule has 0 aliphatic rings. The molecular formula is C19H18ClN3O4S. The van der Waals surface area contributed by atoms with Crippen LogP contribution in [0.25, 0.3) is 6.08 Å². The van der Waals surface area contributed by atoms with Crippen LogP contribution in [0.2, 0.25) is 5.02 Å². The molecule has 2 aromatic carbocycles. The zero-order chi connectivity index (χ0) is 20.4. The number of nitrogens with one attached hydrogen (secondary N) is 3. The topological polar surface area (TPSA) is 88.7 Å². The van der Waals surface area contributed by atoms with Crippen molar-refractivity contribution in [2.45, 2.75) is 0 Å². The molecule has 3 N–H and O–H groups in total. The van der Waals surface area contributed by atoms with Crippen LogP contribution in [0.5, 0.6) is 11.5 Å². The fourth-order valence-corrected chi connectivity index (χ4v) is 2.29. The number of thiocarbonyl (C=S) groups is 1. The lowest BCUT2D eigenvalue weighted by Crippen LogP contribution is -2.49. The van der Waals surface area contributed by atoms with Gasteiger partial charge in [0.2, 0.25) is 5.91 Å². The molecule has 0 saturated carbocycles. The van der Waals surface area contributed by atoms with E-state index in [9.17, 15) is 9.59 Å². The largest absolute Gasteiger partial charge is 0.497 e. The molecule has 146 valence electrons. The molecule has 0 aliphatic heterocycles. The molecule has 9 heteroatoms. The van der Waals surface area contributed by atoms with Gasteiger partial charge >= 0.3 is 0 Å². The molecule has 2 amide bonds. The van der Waals surface area contributed by atoms with Crippen molar-refractivity contribution in [3.05, 3.63) is 65.2 Å². The number of methoxy groups -OCH3 is 1. The summed E-state index contributed by atoms with van der Waals surface area (Å²) in [6.45, 7) is -0.234. The molecule has 0 bridgehead atoms. The van der Waals surface area contributed by atoms with Crippen LogP contribution in [0.4, 0.5) is 0 Å². The first-order chi connectivity index (χ1) is 13.5. The van der Waals surface area contributed by atoms with E-state index in [-0.39, 0.29) is 11.7 Å². The van der Waals surface area contributed by atoms with Crippen molar-refractivity contribution in [1.82, 2.24) is 16.2 Å². The van der Waals surface area contributed by atoms with E-state index >= 15 is 0 Å². The Bertz CT molecular complexity index is 872. The smallest absolute Gasteiger partial charge is 0.276 e. The second-order valence-corrected chi connectivity index (χ2v) is 6.13. The second-order valence-electron chi connectivity index (χ2n) is 5.31. The van der Waals surface area contributed by atoms with E-state index in [4.69, 9.17) is 33.3 Å². The number of hydrazine groups is 1. The average molecular weight is 420 g/mol. The van der Waals surface area contributed by atoms with E-state index in [1.54, 1.807) is 61.7 Å². The van der Waals surface area contributed by atoms with Gasteiger partial charge in [-0.25, -0.2) is 0 Å². The maximum Gasteiger partial charge on any atom is 0.276 e. The molecular weight excluding hydrogens is 402 g/mol. The zero-order valence-corrected chi connectivity index (χ0v) is 16.5. The SMILES string of the molecule is COc1ccc(OCC(=O)NNC(=S)NC(=O)C=Cc2ccccc2Cl)cc1. The third-order valence-electron chi connectivity index (χ3n) is 3.30. The van der Waals surface area contributed by atoms with Gasteiger partial charge < -0.3 is 9.47 Å². The van der Waals surface area contributed by atoms with E-state index < -0.39 is 11.8 Å². The molecule has 2 rings (SSSR count). The summed E-state index contributed by atoms with van der Waals surface area (Å²) in [5.41, 5.74) is 5.44. The Morgan fingerprint density at radius 1 is 1.07 bits per heavy atom. The summed E-state index contributed by atoms with van der Waals surface area (Å²) in [5.74, 6) is 0.250. The zero-order valence-electron chi connectivity index (χ0n) is 14.9. The Kier molecular flexibility index (Phi) is 8.26. The summed E-state index contributed by atoms with van der Waals surface area (Å²) in [7, 11) is 1.56. The van der Waals surface area contributed by atoms with Crippen LogP contribution in [0.3, 0.4) is 0 Å². The van der Waals surface area contributed by atoms with Crippen molar-refractivity contribution in [1.29, 1.82) is 0 Å². The summed E-state index contributed by atoms with van der Waals surface area (Å²) in [6, 6.07) is 13.9. The fraction of sp³-hybridized carbons (Fsp3) is 0.105. The Labute approximate surface area is 172 Å². The van der Waals surface area contributed by atoms with E-state index in [1.165, 1.54) is 6.08 Å². The van der Waals surface area contributed by atoms with Crippen molar-refractivity contribution in [2.75, 3.05) is 13.7 Å². The number of hydrogen-bond acceptors (Lipinski definition) is 5. The lowest BCUT2D eigenvalue weighted by Gasteiger charge is -2.10. The van der Waals surface area contributed by atoms with Crippen LogP contribution in [0, 0.1) is 0 Å². The molecule has 0 heterocycles. The quantitative estimate of drug-likeness (QED) is 0.378. The molecule has 0 spiro atoms. The van der Waals surface area contributed by atoms with Gasteiger partial charge in [0.25, 0.3) is 5.91 Å². The average Bonchev–Trinajstić information content (AvgIpc) is 2.70. The highest BCUT2D eigenvalue weighted by Gasteiger charge is 2.05. The Morgan fingerprint density at radius 3 is 2.43 bits per heavy atom. The monoisotopic (exact) mass is 419 g/mol. The molecule has 0 aliphatic carbocycles. The summed E-state index contributed by atoms with van der Waals surface area (Å²) in [4.78, 5) is 23.6. The van der Waals surface area contributed by atoms with Gasteiger partial charge in [0, 0.05) is 11.1 Å². The first-order valence-corrected chi connectivity index (χ1v) is 8.86. The third kappa shape index (κ3) is 7.26. The number of carbonyl (C=O) groups excluding carboxylic acids is 2. The Balaban J connectivity index is 1.70. The summed E-state index contributed by atoms with van der Waals surface area (Å²) >= 11 is 10.9. The lowest BCUT2D eigenvalue weighted by atomic mass is 10.2. The van der Waals surface area contributed by atoms with Gasteiger partial charge in [-0.3, -0.25) is 25.8 Å². The van der Waals surface area contributed by atoms with Crippen LogP contribution in [-0.2, 0) is 9.59 Å². The third-order valence-corrected chi connectivity index (χ3v) is 3.85. The number of rotatable bonds is 6. The molecule has 28 heavy (non-hydrogen) atoms. The van der Waals surface area contributed by atoms with Gasteiger partial charge in [0.05, 0.1) is 7.11 Å². The number of amides is 2. The van der Waals surface area contributed by atoms with Gasteiger partial charge in [-0.1, -0.05) is 29.8 Å². The highest BCUT2D eigenvalue weighted by molar-refractivity contribution is 7.80. The predicted molar refractivity (Wildman–Crippen MR) is 111 cm³/mol. The number of hydrogen-bond donors (Lipinski definition) is 3. The molecule has 0 saturated heterocycles. The second kappa shape index (κ2) is 10.9. The van der Waals surface area contributed by atoms with Crippen molar-refractivity contribution in [2.24, 2.45) is 0 Å². The van der Waals surface area contributed by atoms with Gasteiger partial charge in [0.1, 0.15) is 11.5 Å². The molecule has 0 radical (unpaired) electrons. The minimum absolute atomic E-state index is 0.0633.